The molecule has 0 aliphatic heterocycles. The summed E-state index contributed by atoms with van der Waals surface area (Å²) in [4.78, 5) is 16.4. The van der Waals surface area contributed by atoms with Crippen LogP contribution < -0.4 is 4.74 Å². The van der Waals surface area contributed by atoms with E-state index in [0.717, 1.165) is 11.3 Å². The number of rotatable bonds is 5. The molecule has 0 aliphatic carbocycles. The largest absolute Gasteiger partial charge is 0.456 e. The van der Waals surface area contributed by atoms with Gasteiger partial charge in [0, 0.05) is 21.8 Å². The van der Waals surface area contributed by atoms with Crippen LogP contribution in [-0.2, 0) is 0 Å². The summed E-state index contributed by atoms with van der Waals surface area (Å²) in [6.07, 6.45) is 0. The van der Waals surface area contributed by atoms with Gasteiger partial charge in [-0.1, -0.05) is 39.1 Å². The van der Waals surface area contributed by atoms with Crippen LogP contribution in [-0.4, -0.2) is 16.1 Å². The summed E-state index contributed by atoms with van der Waals surface area (Å²) in [5.74, 6) is 1.21. The number of carbonyl (C=O) groups excluding carboxylic acids is 1. The quantitative estimate of drug-likeness (QED) is 0.319. The van der Waals surface area contributed by atoms with Crippen molar-refractivity contribution >= 4 is 44.9 Å². The van der Waals surface area contributed by atoms with Crippen molar-refractivity contribution in [1.29, 1.82) is 0 Å². The van der Waals surface area contributed by atoms with Crippen molar-refractivity contribution in [3.8, 4) is 22.8 Å². The van der Waals surface area contributed by atoms with Crippen LogP contribution in [0.15, 0.2) is 54.6 Å². The average Bonchev–Trinajstić information content (AvgIpc) is 2.64. The van der Waals surface area contributed by atoms with Crippen LogP contribution in [0, 0.1) is 6.92 Å². The van der Waals surface area contributed by atoms with E-state index in [2.05, 4.69) is 20.9 Å². The van der Waals surface area contributed by atoms with Crippen LogP contribution in [0.2, 0.25) is 10.0 Å². The lowest BCUT2D eigenvalue weighted by molar-refractivity contribution is 0.102. The van der Waals surface area contributed by atoms with E-state index in [9.17, 15) is 4.79 Å². The second kappa shape index (κ2) is 8.21. The van der Waals surface area contributed by atoms with E-state index in [1.165, 1.54) is 0 Å². The number of hydrogen-bond acceptors (Lipinski definition) is 3. The molecule has 6 heteroatoms. The molecular weight excluding hydrogens is 437 g/mol. The second-order valence-corrected chi connectivity index (χ2v) is 6.99. The maximum atomic E-state index is 11.8. The number of pyridine rings is 1. The van der Waals surface area contributed by atoms with E-state index in [1.807, 2.05) is 37.3 Å². The number of aromatic nitrogens is 1. The van der Waals surface area contributed by atoms with E-state index in [4.69, 9.17) is 27.9 Å². The molecule has 0 radical (unpaired) electrons. The highest BCUT2D eigenvalue weighted by molar-refractivity contribution is 9.09. The standard InChI is InChI=1S/C20H14BrCl2NO2/c1-12-16(19(25)11-21)7-8-18(24-12)13-2-5-15(6-3-13)26-20-9-4-14(22)10-17(20)23/h2-10H,11H2,1H3. The third-order valence-electron chi connectivity index (χ3n) is 3.78. The number of hydrogen-bond donors (Lipinski definition) is 0. The Bertz CT molecular complexity index is 959. The number of Topliss-reactive ketones (excluding diaryl/α,β-unsaturated/α-hetero) is 1. The van der Waals surface area contributed by atoms with Crippen LogP contribution in [0.25, 0.3) is 11.3 Å². The van der Waals surface area contributed by atoms with Gasteiger partial charge >= 0.3 is 0 Å². The van der Waals surface area contributed by atoms with E-state index in [-0.39, 0.29) is 11.1 Å². The molecule has 132 valence electrons. The lowest BCUT2D eigenvalue weighted by Gasteiger charge is -2.09. The molecule has 0 fully saturated rings. The van der Waals surface area contributed by atoms with Gasteiger partial charge in [-0.3, -0.25) is 9.78 Å². The number of nitrogens with zero attached hydrogens (tertiary/aromatic N) is 1. The molecule has 3 aromatic rings. The fourth-order valence-corrected chi connectivity index (χ4v) is 3.22. The predicted molar refractivity (Wildman–Crippen MR) is 109 cm³/mol. The molecule has 3 nitrogen and oxygen atoms in total. The van der Waals surface area contributed by atoms with Crippen molar-refractivity contribution in [3.63, 3.8) is 0 Å². The van der Waals surface area contributed by atoms with Gasteiger partial charge in [0.1, 0.15) is 11.5 Å². The molecule has 0 unspecified atom stereocenters. The van der Waals surface area contributed by atoms with Gasteiger partial charge in [0.25, 0.3) is 0 Å². The topological polar surface area (TPSA) is 39.2 Å². The summed E-state index contributed by atoms with van der Waals surface area (Å²) in [5, 5.41) is 1.29. The van der Waals surface area contributed by atoms with Crippen molar-refractivity contribution in [2.45, 2.75) is 6.92 Å². The van der Waals surface area contributed by atoms with Crippen molar-refractivity contribution in [1.82, 2.24) is 4.98 Å². The first-order valence-corrected chi connectivity index (χ1v) is 9.66. The Morgan fingerprint density at radius 3 is 2.42 bits per heavy atom. The van der Waals surface area contributed by atoms with Crippen LogP contribution in [0.4, 0.5) is 0 Å². The highest BCUT2D eigenvalue weighted by Crippen LogP contribution is 2.32. The summed E-state index contributed by atoms with van der Waals surface area (Å²) >= 11 is 15.2. The van der Waals surface area contributed by atoms with Crippen molar-refractivity contribution in [3.05, 3.63) is 75.9 Å². The summed E-state index contributed by atoms with van der Waals surface area (Å²) in [7, 11) is 0. The summed E-state index contributed by atoms with van der Waals surface area (Å²) in [5.41, 5.74) is 3.06. The Morgan fingerprint density at radius 1 is 1.08 bits per heavy atom. The number of ether oxygens (including phenoxy) is 1. The summed E-state index contributed by atoms with van der Waals surface area (Å²) < 4.78 is 5.78. The van der Waals surface area contributed by atoms with E-state index in [1.54, 1.807) is 24.3 Å². The van der Waals surface area contributed by atoms with Gasteiger partial charge in [0.2, 0.25) is 0 Å². The molecule has 3 rings (SSSR count). The second-order valence-electron chi connectivity index (χ2n) is 5.59. The molecule has 1 aromatic heterocycles. The van der Waals surface area contributed by atoms with Crippen LogP contribution >= 0.6 is 39.1 Å². The van der Waals surface area contributed by atoms with E-state index < -0.39 is 0 Å². The van der Waals surface area contributed by atoms with Crippen LogP contribution in [0.3, 0.4) is 0 Å². The number of carbonyl (C=O) groups is 1. The van der Waals surface area contributed by atoms with Gasteiger partial charge < -0.3 is 4.74 Å². The zero-order valence-electron chi connectivity index (χ0n) is 13.8. The van der Waals surface area contributed by atoms with Crippen molar-refractivity contribution in [2.24, 2.45) is 0 Å². The maximum Gasteiger partial charge on any atom is 0.175 e. The van der Waals surface area contributed by atoms with Crippen molar-refractivity contribution in [2.75, 3.05) is 5.33 Å². The molecule has 0 amide bonds. The smallest absolute Gasteiger partial charge is 0.175 e. The van der Waals surface area contributed by atoms with Crippen molar-refractivity contribution < 1.29 is 9.53 Å². The Hall–Kier alpha value is -1.88. The highest BCUT2D eigenvalue weighted by Gasteiger charge is 2.10. The zero-order valence-corrected chi connectivity index (χ0v) is 16.9. The molecule has 0 saturated heterocycles. The molecule has 0 saturated carbocycles. The first-order valence-electron chi connectivity index (χ1n) is 7.78. The first kappa shape index (κ1) is 18.9. The SMILES string of the molecule is Cc1nc(-c2ccc(Oc3ccc(Cl)cc3Cl)cc2)ccc1C(=O)CBr. The van der Waals surface area contributed by atoms with Gasteiger partial charge in [-0.15, -0.1) is 0 Å². The Balaban J connectivity index is 1.81. The van der Waals surface area contributed by atoms with E-state index >= 15 is 0 Å². The minimum atomic E-state index is 0.0186. The number of alkyl halides is 1. The van der Waals surface area contributed by atoms with Gasteiger partial charge in [-0.25, -0.2) is 0 Å². The lowest BCUT2D eigenvalue weighted by Crippen LogP contribution is -2.04. The number of benzene rings is 2. The fraction of sp³-hybridized carbons (Fsp3) is 0.100. The Kier molecular flexibility index (Phi) is 5.97. The number of halogens is 3. The lowest BCUT2D eigenvalue weighted by atomic mass is 10.1. The molecule has 0 spiro atoms. The maximum absolute atomic E-state index is 11.8. The monoisotopic (exact) mass is 449 g/mol. The first-order chi connectivity index (χ1) is 12.5. The third kappa shape index (κ3) is 4.26. The number of ketones is 1. The molecule has 26 heavy (non-hydrogen) atoms. The van der Waals surface area contributed by atoms with Crippen LogP contribution in [0.5, 0.6) is 11.5 Å². The summed E-state index contributed by atoms with van der Waals surface area (Å²) in [6.45, 7) is 1.83. The van der Waals surface area contributed by atoms with Crippen LogP contribution in [0.1, 0.15) is 16.1 Å². The normalized spacial score (nSPS) is 10.6. The molecule has 0 aliphatic rings. The average molecular weight is 451 g/mol. The van der Waals surface area contributed by atoms with Gasteiger partial charge in [-0.2, -0.15) is 0 Å². The molecule has 0 atom stereocenters. The molecule has 0 N–H and O–H groups in total. The zero-order chi connectivity index (χ0) is 18.7. The molecule has 1 heterocycles. The minimum Gasteiger partial charge on any atom is -0.456 e. The van der Waals surface area contributed by atoms with Gasteiger partial charge in [0.05, 0.1) is 16.0 Å². The van der Waals surface area contributed by atoms with Gasteiger partial charge in [-0.05, 0) is 61.5 Å². The van der Waals surface area contributed by atoms with Gasteiger partial charge in [0.15, 0.2) is 5.78 Å². The predicted octanol–water partition coefficient (Wildman–Crippen LogP) is 6.73. The fourth-order valence-electron chi connectivity index (χ4n) is 2.47. The Labute approximate surface area is 170 Å². The minimum absolute atomic E-state index is 0.0186. The van der Waals surface area contributed by atoms with E-state index in [0.29, 0.717) is 32.8 Å². The molecule has 2 aromatic carbocycles. The summed E-state index contributed by atoms with van der Waals surface area (Å²) in [6, 6.07) is 16.2. The Morgan fingerprint density at radius 2 is 1.81 bits per heavy atom. The third-order valence-corrected chi connectivity index (χ3v) is 4.82. The number of aryl methyl sites for hydroxylation is 1. The highest BCUT2D eigenvalue weighted by atomic mass is 79.9. The molecule has 0 bridgehead atoms. The molecular formula is C20H14BrCl2NO2.